The van der Waals surface area contributed by atoms with Crippen LogP contribution in [0.4, 0.5) is 0 Å². The van der Waals surface area contributed by atoms with E-state index in [2.05, 4.69) is 72.2 Å². The van der Waals surface area contributed by atoms with E-state index in [1.54, 1.807) is 6.07 Å². The Kier molecular flexibility index (Phi) is 10.5. The highest BCUT2D eigenvalue weighted by Gasteiger charge is 2.48. The SMILES string of the molecule is C#C.C=Cc1cc(CCC2(OC)CC3CC=CC=C32)cc(-c2ccccc2C#N)c1.CNCc1ccc(O)[nH]1. The van der Waals surface area contributed by atoms with Crippen molar-refractivity contribution in [3.63, 3.8) is 0 Å². The van der Waals surface area contributed by atoms with Crippen LogP contribution >= 0.6 is 0 Å². The van der Waals surface area contributed by atoms with E-state index >= 15 is 0 Å². The van der Waals surface area contributed by atoms with Crippen LogP contribution in [-0.2, 0) is 17.7 Å². The topological polar surface area (TPSA) is 81.1 Å². The van der Waals surface area contributed by atoms with Gasteiger partial charge in [-0.25, -0.2) is 0 Å². The van der Waals surface area contributed by atoms with E-state index < -0.39 is 0 Å². The number of nitrogens with zero attached hydrogens (tertiary/aromatic N) is 1. The summed E-state index contributed by atoms with van der Waals surface area (Å²) in [5.74, 6) is 0.878. The summed E-state index contributed by atoms with van der Waals surface area (Å²) < 4.78 is 6.01. The molecule has 2 aliphatic carbocycles. The third kappa shape index (κ3) is 6.98. The van der Waals surface area contributed by atoms with Crippen molar-refractivity contribution in [1.82, 2.24) is 10.3 Å². The van der Waals surface area contributed by atoms with Gasteiger partial charge in [0.05, 0.1) is 17.2 Å². The van der Waals surface area contributed by atoms with Gasteiger partial charge in [0, 0.05) is 19.3 Å². The third-order valence-electron chi connectivity index (χ3n) is 7.29. The third-order valence-corrected chi connectivity index (χ3v) is 7.29. The molecule has 0 saturated heterocycles. The first-order chi connectivity index (χ1) is 19.0. The highest BCUT2D eigenvalue weighted by Crippen LogP contribution is 2.51. The Morgan fingerprint density at radius 2 is 2.03 bits per heavy atom. The summed E-state index contributed by atoms with van der Waals surface area (Å²) in [6.07, 6.45) is 20.7. The first-order valence-electron chi connectivity index (χ1n) is 13.0. The summed E-state index contributed by atoms with van der Waals surface area (Å²) in [5.41, 5.74) is 7.41. The van der Waals surface area contributed by atoms with Crippen LogP contribution in [0.25, 0.3) is 17.2 Å². The maximum atomic E-state index is 9.47. The molecule has 0 radical (unpaired) electrons. The van der Waals surface area contributed by atoms with Crippen molar-refractivity contribution in [1.29, 1.82) is 5.26 Å². The summed E-state index contributed by atoms with van der Waals surface area (Å²) in [4.78, 5) is 2.77. The quantitative estimate of drug-likeness (QED) is 0.287. The van der Waals surface area contributed by atoms with Gasteiger partial charge in [-0.2, -0.15) is 5.26 Å². The van der Waals surface area contributed by atoms with Crippen LogP contribution in [0.1, 0.15) is 41.6 Å². The molecule has 5 nitrogen and oxygen atoms in total. The molecule has 1 heterocycles. The lowest BCUT2D eigenvalue weighted by molar-refractivity contribution is -0.0520. The standard InChI is InChI=1S/C26H25NO.C6H10N2O.C2H2/c1-3-19-14-20(16-23(15-19)24-10-6-4-9-22(24)18-27)12-13-26(28-2)17-21-8-5-7-11-25(21)26;1-7-4-5-2-3-6(9)8-5;1-2/h3-7,9-11,14-16,21H,1,8,12-13,17H2,2H3;2-3,7-9H,4H2,1H3;1-2H. The molecular weight excluding hydrogens is 482 g/mol. The summed E-state index contributed by atoms with van der Waals surface area (Å²) in [6.45, 7) is 4.71. The Bertz CT molecular complexity index is 1390. The van der Waals surface area contributed by atoms with E-state index in [0.717, 1.165) is 54.6 Å². The molecule has 1 fully saturated rings. The molecule has 1 saturated carbocycles. The Hall–Kier alpha value is -4.29. The van der Waals surface area contributed by atoms with E-state index in [-0.39, 0.29) is 11.5 Å². The zero-order valence-electron chi connectivity index (χ0n) is 22.8. The lowest BCUT2D eigenvalue weighted by Gasteiger charge is -2.50. The molecular formula is C34H37N3O2. The number of allylic oxidation sites excluding steroid dienone is 3. The number of aromatic amines is 1. The summed E-state index contributed by atoms with van der Waals surface area (Å²) in [6, 6.07) is 20.0. The van der Waals surface area contributed by atoms with Gasteiger partial charge in [-0.3, -0.25) is 0 Å². The molecule has 3 aromatic rings. The summed E-state index contributed by atoms with van der Waals surface area (Å²) in [5, 5.41) is 21.2. The number of aryl methyl sites for hydroxylation is 1. The van der Waals surface area contributed by atoms with Crippen LogP contribution in [0.15, 0.2) is 85.0 Å². The van der Waals surface area contributed by atoms with Crippen LogP contribution in [0.2, 0.25) is 0 Å². The molecule has 5 heteroatoms. The lowest BCUT2D eigenvalue weighted by atomic mass is 9.61. The number of terminal acetylenes is 1. The molecule has 5 rings (SSSR count). The van der Waals surface area contributed by atoms with Crippen molar-refractivity contribution in [3.8, 4) is 35.9 Å². The Balaban J connectivity index is 0.000000322. The van der Waals surface area contributed by atoms with Crippen molar-refractivity contribution >= 4 is 6.08 Å². The highest BCUT2D eigenvalue weighted by molar-refractivity contribution is 5.73. The average molecular weight is 520 g/mol. The van der Waals surface area contributed by atoms with E-state index in [9.17, 15) is 5.26 Å². The van der Waals surface area contributed by atoms with Crippen LogP contribution in [0.3, 0.4) is 0 Å². The molecule has 0 amide bonds. The number of ether oxygens (including phenoxy) is 1. The second kappa shape index (κ2) is 14.0. The second-order valence-corrected chi connectivity index (χ2v) is 9.61. The number of H-pyrrole nitrogens is 1. The van der Waals surface area contributed by atoms with Crippen molar-refractivity contribution in [2.45, 2.75) is 37.8 Å². The van der Waals surface area contributed by atoms with Gasteiger partial charge < -0.3 is 20.1 Å². The molecule has 0 bridgehead atoms. The van der Waals surface area contributed by atoms with Crippen molar-refractivity contribution < 1.29 is 9.84 Å². The number of benzene rings is 2. The predicted octanol–water partition coefficient (Wildman–Crippen LogP) is 6.78. The van der Waals surface area contributed by atoms with Crippen LogP contribution in [0, 0.1) is 30.1 Å². The van der Waals surface area contributed by atoms with Gasteiger partial charge >= 0.3 is 0 Å². The van der Waals surface area contributed by atoms with Crippen LogP contribution < -0.4 is 5.32 Å². The van der Waals surface area contributed by atoms with Crippen molar-refractivity contribution in [3.05, 3.63) is 107 Å². The molecule has 0 aliphatic heterocycles. The highest BCUT2D eigenvalue weighted by atomic mass is 16.5. The Morgan fingerprint density at radius 1 is 1.23 bits per heavy atom. The fraction of sp³-hybridized carbons (Fsp3) is 0.265. The normalized spacial score (nSPS) is 18.5. The summed E-state index contributed by atoms with van der Waals surface area (Å²) in [7, 11) is 3.70. The summed E-state index contributed by atoms with van der Waals surface area (Å²) >= 11 is 0. The molecule has 2 unspecified atom stereocenters. The Labute approximate surface area is 232 Å². The zero-order chi connectivity index (χ0) is 28.3. The van der Waals surface area contributed by atoms with E-state index in [0.29, 0.717) is 11.5 Å². The van der Waals surface area contributed by atoms with Crippen LogP contribution in [0.5, 0.6) is 5.88 Å². The Morgan fingerprint density at radius 3 is 2.67 bits per heavy atom. The zero-order valence-corrected chi connectivity index (χ0v) is 22.8. The molecule has 2 aromatic carbocycles. The molecule has 39 heavy (non-hydrogen) atoms. The molecule has 3 N–H and O–H groups in total. The number of methoxy groups -OCH3 is 1. The van der Waals surface area contributed by atoms with Gasteiger partial charge in [0.15, 0.2) is 5.88 Å². The second-order valence-electron chi connectivity index (χ2n) is 9.61. The number of nitriles is 1. The smallest absolute Gasteiger partial charge is 0.188 e. The van der Waals surface area contributed by atoms with Crippen LogP contribution in [-0.4, -0.2) is 29.8 Å². The first-order valence-corrected chi connectivity index (χ1v) is 13.0. The largest absolute Gasteiger partial charge is 0.495 e. The number of hydrogen-bond acceptors (Lipinski definition) is 4. The number of nitrogens with one attached hydrogen (secondary N) is 2. The van der Waals surface area contributed by atoms with Gasteiger partial charge in [-0.15, -0.1) is 12.8 Å². The maximum Gasteiger partial charge on any atom is 0.188 e. The first kappa shape index (κ1) is 29.3. The minimum atomic E-state index is -0.121. The number of aromatic hydroxyl groups is 1. The maximum absolute atomic E-state index is 9.47. The minimum Gasteiger partial charge on any atom is -0.495 e. The van der Waals surface area contributed by atoms with Gasteiger partial charge in [0.25, 0.3) is 0 Å². The molecule has 1 aromatic heterocycles. The van der Waals surface area contributed by atoms with E-state index in [4.69, 9.17) is 9.84 Å². The lowest BCUT2D eigenvalue weighted by Crippen LogP contribution is -2.49. The fourth-order valence-electron chi connectivity index (χ4n) is 5.36. The predicted molar refractivity (Wildman–Crippen MR) is 160 cm³/mol. The molecule has 200 valence electrons. The monoisotopic (exact) mass is 519 g/mol. The van der Waals surface area contributed by atoms with Gasteiger partial charge in [-0.1, -0.05) is 61.2 Å². The van der Waals surface area contributed by atoms with Gasteiger partial charge in [0.2, 0.25) is 0 Å². The fourth-order valence-corrected chi connectivity index (χ4v) is 5.36. The van der Waals surface area contributed by atoms with Gasteiger partial charge in [-0.05, 0) is 90.7 Å². The van der Waals surface area contributed by atoms with E-state index in [1.807, 2.05) is 50.6 Å². The average Bonchev–Trinajstić information content (AvgIpc) is 3.39. The molecule has 2 atom stereocenters. The molecule has 0 spiro atoms. The van der Waals surface area contributed by atoms with Crippen molar-refractivity contribution in [2.75, 3.05) is 14.2 Å². The minimum absolute atomic E-state index is 0.121. The molecule has 2 aliphatic rings. The number of rotatable bonds is 8. The van der Waals surface area contributed by atoms with E-state index in [1.165, 1.54) is 11.1 Å². The van der Waals surface area contributed by atoms with Crippen molar-refractivity contribution in [2.24, 2.45) is 5.92 Å². The number of hydrogen-bond donors (Lipinski definition) is 3. The number of aromatic nitrogens is 1. The van der Waals surface area contributed by atoms with Gasteiger partial charge in [0.1, 0.15) is 0 Å². The number of fused-ring (bicyclic) bond motifs is 1.